The third kappa shape index (κ3) is 2.98. The van der Waals surface area contributed by atoms with Crippen LogP contribution in [0.3, 0.4) is 0 Å². The van der Waals surface area contributed by atoms with Crippen LogP contribution in [-0.4, -0.2) is 64.8 Å². The number of carbonyl (C=O) groups is 1. The van der Waals surface area contributed by atoms with E-state index in [1.54, 1.807) is 26.6 Å². The second kappa shape index (κ2) is 6.91. The monoisotopic (exact) mass is 357 g/mol. The third-order valence-corrected chi connectivity index (χ3v) is 5.03. The molecule has 2 aliphatic rings. The number of fused-ring (bicyclic) bond motifs is 1. The number of anilines is 2. The molecule has 0 spiro atoms. The lowest BCUT2D eigenvalue weighted by molar-refractivity contribution is 0.0775. The highest BCUT2D eigenvalue weighted by molar-refractivity contribution is 5.93. The normalized spacial score (nSPS) is 21.7. The zero-order valence-electron chi connectivity index (χ0n) is 15.0. The van der Waals surface area contributed by atoms with Crippen LogP contribution in [0.5, 0.6) is 0 Å². The van der Waals surface area contributed by atoms with Gasteiger partial charge in [-0.3, -0.25) is 4.79 Å². The fraction of sp³-hybridized carbons (Fsp3) is 0.529. The minimum absolute atomic E-state index is 0.0989. The van der Waals surface area contributed by atoms with Crippen LogP contribution in [0.25, 0.3) is 0 Å². The van der Waals surface area contributed by atoms with Gasteiger partial charge in [0, 0.05) is 46.4 Å². The van der Waals surface area contributed by atoms with E-state index in [-0.39, 0.29) is 18.1 Å². The van der Waals surface area contributed by atoms with Crippen molar-refractivity contribution < 1.29 is 9.53 Å². The lowest BCUT2D eigenvalue weighted by atomic mass is 10.2. The number of rotatable bonds is 5. The van der Waals surface area contributed by atoms with Crippen molar-refractivity contribution in [3.8, 4) is 0 Å². The Morgan fingerprint density at radius 2 is 2.23 bits per heavy atom. The summed E-state index contributed by atoms with van der Waals surface area (Å²) in [6, 6.07) is 1.75. The molecule has 9 nitrogen and oxygen atoms in total. The van der Waals surface area contributed by atoms with Crippen molar-refractivity contribution >= 4 is 17.7 Å². The Labute approximate surface area is 151 Å². The predicted molar refractivity (Wildman–Crippen MR) is 96.4 cm³/mol. The summed E-state index contributed by atoms with van der Waals surface area (Å²) in [5, 5.41) is 6.06. The number of methoxy groups -OCH3 is 1. The summed E-state index contributed by atoms with van der Waals surface area (Å²) >= 11 is 0. The van der Waals surface area contributed by atoms with Gasteiger partial charge in [-0.05, 0) is 12.5 Å². The first-order chi connectivity index (χ1) is 12.7. The molecule has 0 saturated carbocycles. The number of imidazole rings is 1. The van der Waals surface area contributed by atoms with Crippen molar-refractivity contribution in [2.75, 3.05) is 37.5 Å². The maximum absolute atomic E-state index is 12.7. The molecule has 0 bridgehead atoms. The first kappa shape index (κ1) is 16.8. The number of carbonyl (C=O) groups excluding carboxylic acids is 1. The van der Waals surface area contributed by atoms with Gasteiger partial charge in [0.15, 0.2) is 0 Å². The van der Waals surface area contributed by atoms with Crippen molar-refractivity contribution in [1.29, 1.82) is 0 Å². The number of hydrogen-bond donors (Lipinski definition) is 2. The minimum atomic E-state index is -0.118. The number of aromatic nitrogens is 4. The van der Waals surface area contributed by atoms with E-state index < -0.39 is 0 Å². The molecular formula is C17H23N7O2. The topological polar surface area (TPSA) is 97.2 Å². The summed E-state index contributed by atoms with van der Waals surface area (Å²) in [4.78, 5) is 27.8. The van der Waals surface area contributed by atoms with Gasteiger partial charge in [-0.25, -0.2) is 9.97 Å². The standard InChI is InChI=1S/C17H23N7O2/c1-18-17-19-6-5-15(22-17)23-9-11(13(10-23)26-2)21-16(25)12-8-20-14-4-3-7-24(12)14/h5-6,8,11,13H,3-4,7,9-10H2,1-2H3,(H,21,25)(H,18,19,22)/t11-,13+/m1/s1. The SMILES string of the molecule is CNc1nccc(N2C[C@H](OC)[C@H](NC(=O)c3cnc4n3CCC4)C2)n1. The molecule has 1 amide bonds. The van der Waals surface area contributed by atoms with Gasteiger partial charge in [0.25, 0.3) is 5.91 Å². The van der Waals surface area contributed by atoms with Crippen molar-refractivity contribution in [2.45, 2.75) is 31.5 Å². The highest BCUT2D eigenvalue weighted by Gasteiger charge is 2.35. The summed E-state index contributed by atoms with van der Waals surface area (Å²) in [6.07, 6.45) is 5.27. The van der Waals surface area contributed by atoms with Crippen molar-refractivity contribution in [3.63, 3.8) is 0 Å². The number of hydrogen-bond acceptors (Lipinski definition) is 7. The van der Waals surface area contributed by atoms with Gasteiger partial charge >= 0.3 is 0 Å². The quantitative estimate of drug-likeness (QED) is 0.794. The molecule has 1 fully saturated rings. The fourth-order valence-corrected chi connectivity index (χ4v) is 3.67. The molecule has 2 aliphatic heterocycles. The smallest absolute Gasteiger partial charge is 0.269 e. The number of nitrogens with zero attached hydrogens (tertiary/aromatic N) is 5. The summed E-state index contributed by atoms with van der Waals surface area (Å²) in [7, 11) is 3.46. The predicted octanol–water partition coefficient (Wildman–Crippen LogP) is 0.295. The van der Waals surface area contributed by atoms with Crippen LogP contribution < -0.4 is 15.5 Å². The molecule has 0 unspecified atom stereocenters. The van der Waals surface area contributed by atoms with Crippen LogP contribution in [0.4, 0.5) is 11.8 Å². The third-order valence-electron chi connectivity index (χ3n) is 5.03. The van der Waals surface area contributed by atoms with Gasteiger partial charge in [-0.15, -0.1) is 0 Å². The maximum Gasteiger partial charge on any atom is 0.269 e. The fourth-order valence-electron chi connectivity index (χ4n) is 3.67. The Kier molecular flexibility index (Phi) is 4.46. The van der Waals surface area contributed by atoms with Crippen LogP contribution in [0.15, 0.2) is 18.5 Å². The first-order valence-corrected chi connectivity index (χ1v) is 8.83. The summed E-state index contributed by atoms with van der Waals surface area (Å²) in [6.45, 7) is 2.15. The highest BCUT2D eigenvalue weighted by Crippen LogP contribution is 2.22. The van der Waals surface area contributed by atoms with E-state index in [2.05, 4.69) is 30.5 Å². The van der Waals surface area contributed by atoms with Crippen LogP contribution in [0, 0.1) is 0 Å². The molecule has 26 heavy (non-hydrogen) atoms. The average Bonchev–Trinajstić information content (AvgIpc) is 3.36. The van der Waals surface area contributed by atoms with Crippen LogP contribution in [0.1, 0.15) is 22.7 Å². The van der Waals surface area contributed by atoms with E-state index in [0.717, 1.165) is 31.0 Å². The van der Waals surface area contributed by atoms with E-state index in [1.807, 2.05) is 10.6 Å². The molecular weight excluding hydrogens is 334 g/mol. The number of aryl methyl sites for hydroxylation is 1. The molecule has 4 heterocycles. The van der Waals surface area contributed by atoms with Gasteiger partial charge < -0.3 is 24.8 Å². The van der Waals surface area contributed by atoms with E-state index in [9.17, 15) is 4.79 Å². The molecule has 2 atom stereocenters. The Balaban J connectivity index is 1.48. The highest BCUT2D eigenvalue weighted by atomic mass is 16.5. The molecule has 1 saturated heterocycles. The molecule has 2 aromatic heterocycles. The molecule has 0 radical (unpaired) electrons. The van der Waals surface area contributed by atoms with Gasteiger partial charge in [0.1, 0.15) is 17.3 Å². The Morgan fingerprint density at radius 3 is 3.04 bits per heavy atom. The molecule has 9 heteroatoms. The van der Waals surface area contributed by atoms with Gasteiger partial charge in [-0.1, -0.05) is 0 Å². The summed E-state index contributed by atoms with van der Waals surface area (Å²) < 4.78 is 7.61. The second-order valence-corrected chi connectivity index (χ2v) is 6.56. The van der Waals surface area contributed by atoms with Gasteiger partial charge in [0.2, 0.25) is 5.95 Å². The van der Waals surface area contributed by atoms with E-state index in [0.29, 0.717) is 24.7 Å². The zero-order chi connectivity index (χ0) is 18.1. The molecule has 2 N–H and O–H groups in total. The molecule has 2 aromatic rings. The molecule has 138 valence electrons. The molecule has 0 aliphatic carbocycles. The Hall–Kier alpha value is -2.68. The zero-order valence-corrected chi connectivity index (χ0v) is 15.0. The number of ether oxygens (including phenoxy) is 1. The second-order valence-electron chi connectivity index (χ2n) is 6.56. The lowest BCUT2D eigenvalue weighted by Gasteiger charge is -2.18. The maximum atomic E-state index is 12.7. The molecule has 0 aromatic carbocycles. The van der Waals surface area contributed by atoms with E-state index in [4.69, 9.17) is 4.74 Å². The number of nitrogens with one attached hydrogen (secondary N) is 2. The number of amides is 1. The molecule has 4 rings (SSSR count). The van der Waals surface area contributed by atoms with E-state index in [1.165, 1.54) is 0 Å². The van der Waals surface area contributed by atoms with Gasteiger partial charge in [-0.2, -0.15) is 4.98 Å². The summed E-state index contributed by atoms with van der Waals surface area (Å²) in [5.74, 6) is 2.28. The van der Waals surface area contributed by atoms with Crippen molar-refractivity contribution in [1.82, 2.24) is 24.8 Å². The Morgan fingerprint density at radius 1 is 1.35 bits per heavy atom. The van der Waals surface area contributed by atoms with Crippen LogP contribution in [0.2, 0.25) is 0 Å². The van der Waals surface area contributed by atoms with Crippen LogP contribution >= 0.6 is 0 Å². The van der Waals surface area contributed by atoms with Crippen molar-refractivity contribution in [2.24, 2.45) is 0 Å². The van der Waals surface area contributed by atoms with Crippen molar-refractivity contribution in [3.05, 3.63) is 30.0 Å². The Bertz CT molecular complexity index is 806. The largest absolute Gasteiger partial charge is 0.377 e. The summed E-state index contributed by atoms with van der Waals surface area (Å²) in [5.41, 5.74) is 0.630. The lowest BCUT2D eigenvalue weighted by Crippen LogP contribution is -2.44. The van der Waals surface area contributed by atoms with Crippen LogP contribution in [-0.2, 0) is 17.7 Å². The van der Waals surface area contributed by atoms with Gasteiger partial charge in [0.05, 0.1) is 18.3 Å². The first-order valence-electron chi connectivity index (χ1n) is 8.83. The minimum Gasteiger partial charge on any atom is -0.377 e. The average molecular weight is 357 g/mol. The van der Waals surface area contributed by atoms with E-state index >= 15 is 0 Å².